The molecule has 2 bridgehead atoms. The van der Waals surface area contributed by atoms with Gasteiger partial charge in [-0.2, -0.15) is 0 Å². The highest BCUT2D eigenvalue weighted by Gasteiger charge is 2.67. The first-order chi connectivity index (χ1) is 14.8. The van der Waals surface area contributed by atoms with E-state index in [1.54, 1.807) is 42.5 Å². The van der Waals surface area contributed by atoms with Crippen LogP contribution in [0.5, 0.6) is 0 Å². The lowest BCUT2D eigenvalue weighted by molar-refractivity contribution is -0.145. The van der Waals surface area contributed by atoms with Crippen molar-refractivity contribution in [2.24, 2.45) is 23.7 Å². The van der Waals surface area contributed by atoms with Crippen LogP contribution in [0.1, 0.15) is 16.8 Å². The molecule has 9 heteroatoms. The Morgan fingerprint density at radius 1 is 1.06 bits per heavy atom. The summed E-state index contributed by atoms with van der Waals surface area (Å²) < 4.78 is 5.47. The number of anilines is 2. The van der Waals surface area contributed by atoms with Crippen molar-refractivity contribution in [3.05, 3.63) is 58.1 Å². The number of hydrogen-bond acceptors (Lipinski definition) is 4. The first kappa shape index (κ1) is 20.8. The Hall–Kier alpha value is -2.09. The molecule has 0 aromatic heterocycles. The fraction of sp³-hybridized carbons (Fsp3) is 0.318. The molecule has 31 heavy (non-hydrogen) atoms. The van der Waals surface area contributed by atoms with Crippen LogP contribution < -0.4 is 10.6 Å². The van der Waals surface area contributed by atoms with E-state index >= 15 is 0 Å². The van der Waals surface area contributed by atoms with Gasteiger partial charge in [0.05, 0.1) is 27.4 Å². The number of ether oxygens (including phenoxy) is 1. The number of carbonyl (C=O) groups is 3. The molecule has 5 rings (SSSR count). The van der Waals surface area contributed by atoms with E-state index in [9.17, 15) is 14.4 Å². The molecule has 2 aromatic carbocycles. The third-order valence-corrected chi connectivity index (χ3v) is 8.16. The van der Waals surface area contributed by atoms with Crippen LogP contribution in [0.3, 0.4) is 0 Å². The van der Waals surface area contributed by atoms with E-state index < -0.39 is 5.92 Å². The van der Waals surface area contributed by atoms with E-state index in [0.29, 0.717) is 27.0 Å². The zero-order valence-electron chi connectivity index (χ0n) is 16.0. The Balaban J connectivity index is 1.32. The largest absolute Gasteiger partial charge is 0.461 e. The van der Waals surface area contributed by atoms with Gasteiger partial charge in [-0.3, -0.25) is 14.4 Å². The zero-order chi connectivity index (χ0) is 21.9. The molecule has 2 saturated carbocycles. The van der Waals surface area contributed by atoms with Gasteiger partial charge < -0.3 is 15.4 Å². The van der Waals surface area contributed by atoms with E-state index in [1.807, 2.05) is 0 Å². The molecule has 3 aliphatic rings. The van der Waals surface area contributed by atoms with Gasteiger partial charge in [0, 0.05) is 22.2 Å². The van der Waals surface area contributed by atoms with E-state index in [0.717, 1.165) is 6.42 Å². The Morgan fingerprint density at radius 2 is 1.87 bits per heavy atom. The molecule has 2 N–H and O–H groups in total. The van der Waals surface area contributed by atoms with Crippen molar-refractivity contribution in [2.45, 2.75) is 17.4 Å². The van der Waals surface area contributed by atoms with Crippen LogP contribution in [0.15, 0.2) is 42.5 Å². The van der Waals surface area contributed by atoms with Gasteiger partial charge in [0.2, 0.25) is 5.91 Å². The Kier molecular flexibility index (Phi) is 5.23. The number of rotatable bonds is 4. The Bertz CT molecular complexity index is 1110. The first-order valence-corrected chi connectivity index (χ1v) is 11.5. The number of fused-ring (bicyclic) bond motifs is 1. The molecule has 2 aromatic rings. The first-order valence-electron chi connectivity index (χ1n) is 9.85. The third kappa shape index (κ3) is 3.52. The molecule has 0 unspecified atom stereocenters. The van der Waals surface area contributed by atoms with Crippen LogP contribution in [-0.4, -0.2) is 28.7 Å². The van der Waals surface area contributed by atoms with Crippen molar-refractivity contribution >= 4 is 68.3 Å². The average Bonchev–Trinajstić information content (AvgIpc) is 3.35. The van der Waals surface area contributed by atoms with E-state index in [-0.39, 0.29) is 46.5 Å². The maximum Gasteiger partial charge on any atom is 0.310 e. The molecule has 1 saturated heterocycles. The van der Waals surface area contributed by atoms with Crippen molar-refractivity contribution in [3.8, 4) is 0 Å². The van der Waals surface area contributed by atoms with Crippen molar-refractivity contribution in [3.63, 3.8) is 0 Å². The molecule has 2 amide bonds. The molecule has 160 valence electrons. The van der Waals surface area contributed by atoms with Crippen LogP contribution in [0.25, 0.3) is 0 Å². The maximum atomic E-state index is 13.1. The van der Waals surface area contributed by atoms with Crippen molar-refractivity contribution < 1.29 is 19.1 Å². The minimum Gasteiger partial charge on any atom is -0.461 e. The number of hydrogen-bond donors (Lipinski definition) is 2. The number of esters is 1. The summed E-state index contributed by atoms with van der Waals surface area (Å²) in [4.78, 5) is 38.0. The predicted octanol–water partition coefficient (Wildman–Crippen LogP) is 4.76. The SMILES string of the molecule is O=C(Nc1cc(Cl)ccc1Cl)c1cccc(NC(=O)[C@@H]2[C@H]3C[C@H]4[C@H](OC(=O)[C@H]42)[C@H]3Br)c1. The number of carbonyl (C=O) groups excluding carboxylic acids is 3. The second kappa shape index (κ2) is 7.80. The van der Waals surface area contributed by atoms with Gasteiger partial charge in [0.25, 0.3) is 5.91 Å². The summed E-state index contributed by atoms with van der Waals surface area (Å²) in [7, 11) is 0. The summed E-state index contributed by atoms with van der Waals surface area (Å²) in [6.45, 7) is 0. The molecule has 2 aliphatic carbocycles. The number of benzene rings is 2. The molecule has 3 fully saturated rings. The Morgan fingerprint density at radius 3 is 2.68 bits per heavy atom. The minimum atomic E-state index is -0.441. The second-order valence-electron chi connectivity index (χ2n) is 8.11. The molecule has 0 spiro atoms. The smallest absolute Gasteiger partial charge is 0.310 e. The summed E-state index contributed by atoms with van der Waals surface area (Å²) >= 11 is 15.7. The van der Waals surface area contributed by atoms with E-state index in [2.05, 4.69) is 26.6 Å². The summed E-state index contributed by atoms with van der Waals surface area (Å²) in [5.74, 6) is -1.58. The standard InChI is InChI=1S/C22H17BrCl2N2O4/c23-18-12-8-13-17(22(30)31-19(13)18)16(12)21(29)26-11-3-1-2-9(6-11)20(28)27-15-7-10(24)4-5-14(15)25/h1-7,12-13,16-19H,8H2,(H,26,29)(H,27,28)/t12-,13-,16-,17-,18+,19+/m1/s1. The van der Waals surface area contributed by atoms with Crippen molar-refractivity contribution in [1.82, 2.24) is 0 Å². The topological polar surface area (TPSA) is 84.5 Å². The number of amides is 2. The highest BCUT2D eigenvalue weighted by molar-refractivity contribution is 9.09. The summed E-state index contributed by atoms with van der Waals surface area (Å²) in [6, 6.07) is 11.4. The molecule has 6 nitrogen and oxygen atoms in total. The summed E-state index contributed by atoms with van der Waals surface area (Å²) in [5, 5.41) is 6.41. The lowest BCUT2D eigenvalue weighted by Crippen LogP contribution is -2.40. The number of nitrogens with one attached hydrogen (secondary N) is 2. The molecular weight excluding hydrogens is 507 g/mol. The third-order valence-electron chi connectivity index (χ3n) is 6.39. The predicted molar refractivity (Wildman–Crippen MR) is 121 cm³/mol. The van der Waals surface area contributed by atoms with Crippen LogP contribution >= 0.6 is 39.1 Å². The highest BCUT2D eigenvalue weighted by Crippen LogP contribution is 2.60. The summed E-state index contributed by atoms with van der Waals surface area (Å²) in [6.07, 6.45) is 0.676. The van der Waals surface area contributed by atoms with Gasteiger partial charge >= 0.3 is 5.97 Å². The van der Waals surface area contributed by atoms with Crippen molar-refractivity contribution in [1.29, 1.82) is 0 Å². The molecular formula is C22H17BrCl2N2O4. The fourth-order valence-electron chi connectivity index (χ4n) is 5.08. The molecule has 1 heterocycles. The fourth-order valence-corrected chi connectivity index (χ4v) is 6.46. The quantitative estimate of drug-likeness (QED) is 0.447. The van der Waals surface area contributed by atoms with Crippen LogP contribution in [0.2, 0.25) is 10.0 Å². The molecule has 0 radical (unpaired) electrons. The highest BCUT2D eigenvalue weighted by atomic mass is 79.9. The van der Waals surface area contributed by atoms with Gasteiger partial charge in [-0.05, 0) is 48.7 Å². The van der Waals surface area contributed by atoms with Gasteiger partial charge in [0.15, 0.2) is 0 Å². The molecule has 6 atom stereocenters. The average molecular weight is 524 g/mol. The maximum absolute atomic E-state index is 13.1. The van der Waals surface area contributed by atoms with E-state index in [1.165, 1.54) is 0 Å². The van der Waals surface area contributed by atoms with Crippen LogP contribution in [-0.2, 0) is 14.3 Å². The van der Waals surface area contributed by atoms with Gasteiger partial charge in [-0.15, -0.1) is 0 Å². The van der Waals surface area contributed by atoms with Crippen LogP contribution in [0, 0.1) is 23.7 Å². The normalized spacial score (nSPS) is 30.2. The zero-order valence-corrected chi connectivity index (χ0v) is 19.1. The second-order valence-corrected chi connectivity index (χ2v) is 10.0. The van der Waals surface area contributed by atoms with Gasteiger partial charge in [-0.1, -0.05) is 45.2 Å². The Labute approximate surface area is 196 Å². The monoisotopic (exact) mass is 522 g/mol. The number of alkyl halides is 1. The van der Waals surface area contributed by atoms with E-state index in [4.69, 9.17) is 27.9 Å². The lowest BCUT2D eigenvalue weighted by atomic mass is 9.79. The van der Waals surface area contributed by atoms with Gasteiger partial charge in [-0.25, -0.2) is 0 Å². The lowest BCUT2D eigenvalue weighted by Gasteiger charge is -2.27. The minimum absolute atomic E-state index is 0.00416. The molecule has 1 aliphatic heterocycles. The van der Waals surface area contributed by atoms with Gasteiger partial charge in [0.1, 0.15) is 6.10 Å². The van der Waals surface area contributed by atoms with Crippen LogP contribution in [0.4, 0.5) is 11.4 Å². The summed E-state index contributed by atoms with van der Waals surface area (Å²) in [5.41, 5.74) is 1.22. The number of halogens is 3. The van der Waals surface area contributed by atoms with Crippen molar-refractivity contribution in [2.75, 3.05) is 10.6 Å².